The van der Waals surface area contributed by atoms with Crippen LogP contribution in [0.5, 0.6) is 0 Å². The zero-order valence-corrected chi connectivity index (χ0v) is 14.3. The van der Waals surface area contributed by atoms with Gasteiger partial charge in [0.25, 0.3) is 0 Å². The monoisotopic (exact) mass is 354 g/mol. The minimum Gasteiger partial charge on any atom is -0.388 e. The van der Waals surface area contributed by atoms with Crippen molar-refractivity contribution in [2.75, 3.05) is 0 Å². The molecule has 0 amide bonds. The van der Waals surface area contributed by atoms with Crippen LogP contribution in [0.1, 0.15) is 43.7 Å². The Morgan fingerprint density at radius 3 is 2.62 bits per heavy atom. The number of aryl methyl sites for hydroxylation is 1. The third kappa shape index (κ3) is 3.71. The summed E-state index contributed by atoms with van der Waals surface area (Å²) in [6.45, 7) is 6.21. The molecule has 1 aromatic carbocycles. The van der Waals surface area contributed by atoms with Crippen molar-refractivity contribution >= 4 is 15.9 Å². The summed E-state index contributed by atoms with van der Waals surface area (Å²) in [5.41, 5.74) is 2.43. The number of aliphatic hydroxyl groups is 1. The van der Waals surface area contributed by atoms with Gasteiger partial charge in [-0.2, -0.15) is 5.10 Å². The topological polar surface area (TPSA) is 38.0 Å². The summed E-state index contributed by atoms with van der Waals surface area (Å²) < 4.78 is 15.5. The predicted molar refractivity (Wildman–Crippen MR) is 84.7 cm³/mol. The van der Waals surface area contributed by atoms with E-state index in [9.17, 15) is 9.50 Å². The Balaban J connectivity index is 2.30. The lowest BCUT2D eigenvalue weighted by Gasteiger charge is -2.20. The molecule has 2 rings (SSSR count). The third-order valence-corrected chi connectivity index (χ3v) is 4.09. The molecule has 0 saturated carbocycles. The van der Waals surface area contributed by atoms with E-state index < -0.39 is 6.10 Å². The summed E-state index contributed by atoms with van der Waals surface area (Å²) in [5, 5.41) is 15.0. The fraction of sp³-hybridized carbons (Fsp3) is 0.438. The zero-order valence-electron chi connectivity index (χ0n) is 12.7. The van der Waals surface area contributed by atoms with Crippen LogP contribution in [-0.2, 0) is 18.9 Å². The van der Waals surface area contributed by atoms with Crippen molar-refractivity contribution in [2.45, 2.75) is 38.7 Å². The van der Waals surface area contributed by atoms with Crippen LogP contribution in [0, 0.1) is 5.82 Å². The molecule has 0 saturated heterocycles. The zero-order chi connectivity index (χ0) is 15.8. The van der Waals surface area contributed by atoms with Crippen LogP contribution in [0.2, 0.25) is 0 Å². The summed E-state index contributed by atoms with van der Waals surface area (Å²) >= 11 is 3.34. The van der Waals surface area contributed by atoms with Gasteiger partial charge in [0.2, 0.25) is 0 Å². The molecule has 5 heteroatoms. The predicted octanol–water partition coefficient (Wildman–Crippen LogP) is 3.90. The number of nitrogens with zero attached hydrogens (tertiary/aromatic N) is 2. The Hall–Kier alpha value is -1.20. The first-order valence-corrected chi connectivity index (χ1v) is 7.64. The standard InChI is InChI=1S/C16H20BrFN2O/c1-16(2,3)15-12(9-20(4)19-15)14(21)7-10-5-6-11(18)8-13(10)17/h5-6,8-9,14,21H,7H2,1-4H3. The van der Waals surface area contributed by atoms with Crippen molar-refractivity contribution in [3.8, 4) is 0 Å². The largest absolute Gasteiger partial charge is 0.388 e. The van der Waals surface area contributed by atoms with Crippen molar-refractivity contribution in [2.24, 2.45) is 7.05 Å². The first-order valence-electron chi connectivity index (χ1n) is 6.84. The highest BCUT2D eigenvalue weighted by atomic mass is 79.9. The average molecular weight is 355 g/mol. The molecule has 1 heterocycles. The van der Waals surface area contributed by atoms with Crippen LogP contribution >= 0.6 is 15.9 Å². The molecule has 1 N–H and O–H groups in total. The van der Waals surface area contributed by atoms with Crippen LogP contribution in [0.3, 0.4) is 0 Å². The average Bonchev–Trinajstić information content (AvgIpc) is 2.75. The first-order chi connectivity index (χ1) is 9.68. The highest BCUT2D eigenvalue weighted by Crippen LogP contribution is 2.31. The third-order valence-electron chi connectivity index (χ3n) is 3.35. The maximum atomic E-state index is 13.1. The Morgan fingerprint density at radius 1 is 1.38 bits per heavy atom. The minimum absolute atomic E-state index is 0.141. The number of halogens is 2. The molecule has 1 aromatic heterocycles. The van der Waals surface area contributed by atoms with E-state index in [-0.39, 0.29) is 11.2 Å². The van der Waals surface area contributed by atoms with E-state index in [1.165, 1.54) is 12.1 Å². The van der Waals surface area contributed by atoms with Crippen LogP contribution in [0.25, 0.3) is 0 Å². The molecule has 0 fully saturated rings. The van der Waals surface area contributed by atoms with Crippen molar-refractivity contribution in [3.05, 3.63) is 51.5 Å². The molecule has 0 aliphatic heterocycles. The fourth-order valence-corrected chi connectivity index (χ4v) is 2.85. The summed E-state index contributed by atoms with van der Waals surface area (Å²) in [4.78, 5) is 0. The van der Waals surface area contributed by atoms with Crippen LogP contribution in [0.4, 0.5) is 4.39 Å². The SMILES string of the molecule is Cn1cc(C(O)Cc2ccc(F)cc2Br)c(C(C)(C)C)n1. The number of aromatic nitrogens is 2. The van der Waals surface area contributed by atoms with Gasteiger partial charge in [-0.25, -0.2) is 4.39 Å². The molecule has 0 aliphatic rings. The Kier molecular flexibility index (Phi) is 4.54. The van der Waals surface area contributed by atoms with Gasteiger partial charge in [-0.05, 0) is 17.7 Å². The molecule has 0 spiro atoms. The number of hydrogen-bond donors (Lipinski definition) is 1. The molecule has 114 valence electrons. The van der Waals surface area contributed by atoms with Gasteiger partial charge in [-0.1, -0.05) is 42.8 Å². The summed E-state index contributed by atoms with van der Waals surface area (Å²) in [6, 6.07) is 4.51. The number of aliphatic hydroxyl groups excluding tert-OH is 1. The molecule has 3 nitrogen and oxygen atoms in total. The first kappa shape index (κ1) is 16.2. The van der Waals surface area contributed by atoms with Gasteiger partial charge in [-0.3, -0.25) is 4.68 Å². The summed E-state index contributed by atoms with van der Waals surface area (Å²) in [5.74, 6) is -0.295. The van der Waals surface area contributed by atoms with Gasteiger partial charge in [0.05, 0.1) is 11.8 Å². The molecule has 21 heavy (non-hydrogen) atoms. The lowest BCUT2D eigenvalue weighted by atomic mass is 9.87. The van der Waals surface area contributed by atoms with Gasteiger partial charge in [0.15, 0.2) is 0 Å². The number of rotatable bonds is 3. The maximum Gasteiger partial charge on any atom is 0.124 e. The second kappa shape index (κ2) is 5.89. The summed E-state index contributed by atoms with van der Waals surface area (Å²) in [6.07, 6.45) is 1.59. The van der Waals surface area contributed by atoms with Gasteiger partial charge >= 0.3 is 0 Å². The fourth-order valence-electron chi connectivity index (χ4n) is 2.34. The minimum atomic E-state index is -0.672. The molecule has 2 aromatic rings. The lowest BCUT2D eigenvalue weighted by molar-refractivity contribution is 0.175. The smallest absolute Gasteiger partial charge is 0.124 e. The van der Waals surface area contributed by atoms with E-state index in [0.29, 0.717) is 10.9 Å². The van der Waals surface area contributed by atoms with Crippen molar-refractivity contribution < 1.29 is 9.50 Å². The molecular weight excluding hydrogens is 335 g/mol. The van der Waals surface area contributed by atoms with E-state index in [0.717, 1.165) is 16.8 Å². The second-order valence-electron chi connectivity index (χ2n) is 6.31. The van der Waals surface area contributed by atoms with Gasteiger partial charge in [-0.15, -0.1) is 0 Å². The van der Waals surface area contributed by atoms with E-state index in [2.05, 4.69) is 41.8 Å². The lowest BCUT2D eigenvalue weighted by Crippen LogP contribution is -2.17. The molecule has 0 bridgehead atoms. The number of hydrogen-bond acceptors (Lipinski definition) is 2. The van der Waals surface area contributed by atoms with Gasteiger partial charge < -0.3 is 5.11 Å². The highest BCUT2D eigenvalue weighted by molar-refractivity contribution is 9.10. The van der Waals surface area contributed by atoms with Crippen molar-refractivity contribution in [1.29, 1.82) is 0 Å². The van der Waals surface area contributed by atoms with E-state index in [1.54, 1.807) is 10.7 Å². The molecule has 1 atom stereocenters. The van der Waals surface area contributed by atoms with Crippen molar-refractivity contribution in [1.82, 2.24) is 9.78 Å². The Bertz CT molecular complexity index is 646. The van der Waals surface area contributed by atoms with Crippen LogP contribution in [0.15, 0.2) is 28.9 Å². The number of benzene rings is 1. The van der Waals surface area contributed by atoms with E-state index >= 15 is 0 Å². The van der Waals surface area contributed by atoms with Crippen LogP contribution in [-0.4, -0.2) is 14.9 Å². The Labute approximate surface area is 132 Å². The maximum absolute atomic E-state index is 13.1. The van der Waals surface area contributed by atoms with E-state index in [4.69, 9.17) is 0 Å². The molecule has 0 aliphatic carbocycles. The molecule has 0 radical (unpaired) electrons. The molecule has 1 unspecified atom stereocenters. The Morgan fingerprint density at radius 2 is 2.05 bits per heavy atom. The summed E-state index contributed by atoms with van der Waals surface area (Å²) in [7, 11) is 1.85. The van der Waals surface area contributed by atoms with Crippen LogP contribution < -0.4 is 0 Å². The second-order valence-corrected chi connectivity index (χ2v) is 7.17. The van der Waals surface area contributed by atoms with Gasteiger partial charge in [0, 0.05) is 35.1 Å². The normalized spacial score (nSPS) is 13.5. The quantitative estimate of drug-likeness (QED) is 0.907. The van der Waals surface area contributed by atoms with E-state index in [1.807, 2.05) is 13.2 Å². The molecular formula is C16H20BrFN2O. The highest BCUT2D eigenvalue weighted by Gasteiger charge is 2.26. The van der Waals surface area contributed by atoms with Gasteiger partial charge in [0.1, 0.15) is 5.82 Å². The van der Waals surface area contributed by atoms with Crippen molar-refractivity contribution in [3.63, 3.8) is 0 Å².